The number of benzene rings is 1. The molecular weight excluding hydrogens is 236 g/mol. The van der Waals surface area contributed by atoms with Crippen LogP contribution in [0.15, 0.2) is 47.8 Å². The van der Waals surface area contributed by atoms with E-state index in [9.17, 15) is 0 Å². The summed E-state index contributed by atoms with van der Waals surface area (Å²) in [5.41, 5.74) is 3.57. The first-order valence-electron chi connectivity index (χ1n) is 6.48. The minimum absolute atomic E-state index is 0.532. The molecule has 0 amide bonds. The van der Waals surface area contributed by atoms with Gasteiger partial charge >= 0.3 is 0 Å². The molecule has 3 heteroatoms. The van der Waals surface area contributed by atoms with E-state index in [1.807, 2.05) is 37.3 Å². The first-order valence-corrected chi connectivity index (χ1v) is 6.48. The normalized spacial score (nSPS) is 11.4. The van der Waals surface area contributed by atoms with E-state index in [1.165, 1.54) is 0 Å². The van der Waals surface area contributed by atoms with Crippen molar-refractivity contribution in [1.82, 2.24) is 4.98 Å². The van der Waals surface area contributed by atoms with Crippen LogP contribution >= 0.6 is 0 Å². The van der Waals surface area contributed by atoms with Crippen LogP contribution in [-0.4, -0.2) is 17.3 Å². The van der Waals surface area contributed by atoms with Crippen molar-refractivity contribution in [3.8, 4) is 0 Å². The maximum atomic E-state index is 5.21. The van der Waals surface area contributed by atoms with Gasteiger partial charge in [0.2, 0.25) is 0 Å². The smallest absolute Gasteiger partial charge is 0.136 e. The second-order valence-electron chi connectivity index (χ2n) is 4.02. The van der Waals surface area contributed by atoms with Crippen LogP contribution in [0.2, 0.25) is 0 Å². The molecule has 0 aliphatic rings. The van der Waals surface area contributed by atoms with Gasteiger partial charge in [0, 0.05) is 11.8 Å². The fraction of sp³-hybridized carbons (Fsp3) is 0.250. The number of hydrogen-bond donors (Lipinski definition) is 0. The molecule has 0 saturated heterocycles. The fourth-order valence-corrected chi connectivity index (χ4v) is 1.73. The molecule has 3 nitrogen and oxygen atoms in total. The van der Waals surface area contributed by atoms with E-state index >= 15 is 0 Å². The number of nitrogens with zero attached hydrogens (tertiary/aromatic N) is 2. The highest BCUT2D eigenvalue weighted by Crippen LogP contribution is 2.11. The van der Waals surface area contributed by atoms with Crippen molar-refractivity contribution in [3.05, 3.63) is 65.5 Å². The maximum absolute atomic E-state index is 5.21. The summed E-state index contributed by atoms with van der Waals surface area (Å²) >= 11 is 0. The average Bonchev–Trinajstić information content (AvgIpc) is 2.49. The van der Waals surface area contributed by atoms with Crippen LogP contribution in [0.1, 0.15) is 30.7 Å². The molecule has 0 saturated carbocycles. The van der Waals surface area contributed by atoms with E-state index in [-0.39, 0.29) is 0 Å². The van der Waals surface area contributed by atoms with E-state index < -0.39 is 0 Å². The average molecular weight is 253 g/mol. The zero-order valence-electron chi connectivity index (χ0n) is 11.3. The van der Waals surface area contributed by atoms with Gasteiger partial charge in [-0.2, -0.15) is 0 Å². The highest BCUT2D eigenvalue weighted by atomic mass is 16.6. The molecule has 1 aromatic heterocycles. The van der Waals surface area contributed by atoms with Crippen molar-refractivity contribution < 1.29 is 4.84 Å². The summed E-state index contributed by atoms with van der Waals surface area (Å²) in [6.45, 7) is 4.55. The molecule has 97 valence electrons. The van der Waals surface area contributed by atoms with Crippen LogP contribution in [-0.2, 0) is 11.3 Å². The van der Waals surface area contributed by atoms with Gasteiger partial charge in [-0.25, -0.2) is 0 Å². The van der Waals surface area contributed by atoms with Crippen molar-refractivity contribution in [2.75, 3.05) is 6.61 Å². The van der Waals surface area contributed by atoms with Crippen LogP contribution in [0.25, 0.3) is 0 Å². The number of aryl methyl sites for hydroxylation is 1. The molecule has 1 heterocycles. The van der Waals surface area contributed by atoms with E-state index in [2.05, 4.69) is 29.2 Å². The summed E-state index contributed by atoms with van der Waals surface area (Å²) in [4.78, 5) is 9.54. The summed E-state index contributed by atoms with van der Waals surface area (Å²) < 4.78 is 0. The Labute approximate surface area is 113 Å². The van der Waals surface area contributed by atoms with Crippen LogP contribution in [0.4, 0.5) is 0 Å². The van der Waals surface area contributed by atoms with Crippen LogP contribution < -0.4 is 0 Å². The highest BCUT2D eigenvalue weighted by molar-refractivity contribution is 6.11. The largest absolute Gasteiger partial charge is 0.396 e. The Morgan fingerprint density at radius 2 is 2.11 bits per heavy atom. The molecule has 1 aromatic carbocycles. The number of hydrogen-bond acceptors (Lipinski definition) is 3. The molecule has 0 atom stereocenters. The molecule has 0 unspecified atom stereocenters. The van der Waals surface area contributed by atoms with E-state index in [0.717, 1.165) is 29.0 Å². The summed E-state index contributed by atoms with van der Waals surface area (Å²) in [6.07, 6.45) is 2.69. The molecule has 0 aliphatic heterocycles. The molecular formula is C16H17N2O. The lowest BCUT2D eigenvalue weighted by atomic mass is 10.0. The fourth-order valence-electron chi connectivity index (χ4n) is 1.73. The Morgan fingerprint density at radius 1 is 1.21 bits per heavy atom. The molecule has 0 fully saturated rings. The minimum Gasteiger partial charge on any atom is -0.396 e. The molecule has 2 rings (SSSR count). The second-order valence-corrected chi connectivity index (χ2v) is 4.02. The Morgan fingerprint density at radius 3 is 2.79 bits per heavy atom. The third-order valence-corrected chi connectivity index (χ3v) is 2.68. The first-order chi connectivity index (χ1) is 9.35. The predicted octanol–water partition coefficient (Wildman–Crippen LogP) is 3.23. The molecule has 19 heavy (non-hydrogen) atoms. The van der Waals surface area contributed by atoms with Gasteiger partial charge in [-0.1, -0.05) is 36.3 Å². The van der Waals surface area contributed by atoms with Crippen molar-refractivity contribution in [1.29, 1.82) is 0 Å². The number of pyridine rings is 1. The Balaban J connectivity index is 2.43. The van der Waals surface area contributed by atoms with E-state index in [4.69, 9.17) is 4.84 Å². The molecule has 0 bridgehead atoms. The minimum atomic E-state index is 0.532. The zero-order chi connectivity index (χ0) is 13.5. The lowest BCUT2D eigenvalue weighted by Gasteiger charge is -2.07. The lowest BCUT2D eigenvalue weighted by molar-refractivity contribution is 0.159. The zero-order valence-corrected chi connectivity index (χ0v) is 11.3. The second kappa shape index (κ2) is 6.69. The maximum Gasteiger partial charge on any atom is 0.136 e. The standard InChI is InChI=1S/C16H17N2O/c1-3-13-8-7-9-14(12-13)16(18-19-4-2)15-10-5-6-11-17-15/h5-11H,3-4H2,1-2H3/b18-16+. The molecule has 0 N–H and O–H groups in total. The summed E-state index contributed by atoms with van der Waals surface area (Å²) in [5, 5.41) is 4.18. The number of aromatic nitrogens is 1. The Bertz CT molecular complexity index is 550. The topological polar surface area (TPSA) is 34.5 Å². The van der Waals surface area contributed by atoms with Crippen molar-refractivity contribution in [2.45, 2.75) is 20.3 Å². The Kier molecular flexibility index (Phi) is 4.67. The van der Waals surface area contributed by atoms with Crippen molar-refractivity contribution in [2.24, 2.45) is 5.16 Å². The van der Waals surface area contributed by atoms with Gasteiger partial charge in [0.05, 0.1) is 5.69 Å². The van der Waals surface area contributed by atoms with Crippen molar-refractivity contribution >= 4 is 5.71 Å². The van der Waals surface area contributed by atoms with E-state index in [1.54, 1.807) is 6.20 Å². The third kappa shape index (κ3) is 3.41. The van der Waals surface area contributed by atoms with E-state index in [0.29, 0.717) is 6.61 Å². The monoisotopic (exact) mass is 253 g/mol. The van der Waals surface area contributed by atoms with Gasteiger partial charge in [-0.15, -0.1) is 0 Å². The number of rotatable bonds is 5. The predicted molar refractivity (Wildman–Crippen MR) is 76.2 cm³/mol. The van der Waals surface area contributed by atoms with Crippen LogP contribution in [0.5, 0.6) is 0 Å². The lowest BCUT2D eigenvalue weighted by Crippen LogP contribution is -2.07. The van der Waals surface area contributed by atoms with Gasteiger partial charge < -0.3 is 4.84 Å². The van der Waals surface area contributed by atoms with Gasteiger partial charge in [0.25, 0.3) is 0 Å². The molecule has 2 aromatic rings. The summed E-state index contributed by atoms with van der Waals surface area (Å²) in [7, 11) is 0. The van der Waals surface area contributed by atoms with Crippen molar-refractivity contribution in [3.63, 3.8) is 0 Å². The molecule has 0 aliphatic carbocycles. The van der Waals surface area contributed by atoms with Gasteiger partial charge in [-0.05, 0) is 37.1 Å². The number of oxime groups is 1. The Hall–Kier alpha value is -2.16. The highest BCUT2D eigenvalue weighted by Gasteiger charge is 2.10. The summed E-state index contributed by atoms with van der Waals surface area (Å²) in [5.74, 6) is 0. The van der Waals surface area contributed by atoms with Gasteiger partial charge in [0.15, 0.2) is 0 Å². The van der Waals surface area contributed by atoms with Crippen LogP contribution in [0.3, 0.4) is 0 Å². The van der Waals surface area contributed by atoms with Gasteiger partial charge in [0.1, 0.15) is 12.3 Å². The first kappa shape index (κ1) is 13.3. The molecule has 1 radical (unpaired) electrons. The SMILES string of the molecule is CCO/N=C(\c1[c]c(CC)ccc1)c1ccccn1. The van der Waals surface area contributed by atoms with Crippen LogP contribution in [0, 0.1) is 6.07 Å². The third-order valence-electron chi connectivity index (χ3n) is 2.68. The quantitative estimate of drug-likeness (QED) is 0.605. The van der Waals surface area contributed by atoms with Gasteiger partial charge in [-0.3, -0.25) is 4.98 Å². The molecule has 0 spiro atoms. The summed E-state index contributed by atoms with van der Waals surface area (Å²) in [6, 6.07) is 15.1.